The molecule has 36 heavy (non-hydrogen) atoms. The van der Waals surface area contributed by atoms with Crippen molar-refractivity contribution in [3.8, 4) is 11.8 Å². The van der Waals surface area contributed by atoms with Crippen LogP contribution in [0, 0.1) is 18.8 Å². The molecule has 9 heteroatoms. The minimum atomic E-state index is -0.687. The van der Waals surface area contributed by atoms with E-state index in [0.29, 0.717) is 31.7 Å². The Balaban J connectivity index is 1.88. The molecule has 1 aliphatic rings. The molecule has 2 atom stereocenters. The summed E-state index contributed by atoms with van der Waals surface area (Å²) in [5.41, 5.74) is 2.59. The van der Waals surface area contributed by atoms with E-state index >= 15 is 0 Å². The molecule has 1 fully saturated rings. The monoisotopic (exact) mass is 498 g/mol. The molecule has 0 aromatic heterocycles. The number of amides is 3. The van der Waals surface area contributed by atoms with E-state index in [2.05, 4.69) is 27.8 Å². The van der Waals surface area contributed by atoms with Crippen molar-refractivity contribution in [2.75, 3.05) is 13.6 Å². The molecule has 9 nitrogen and oxygen atoms in total. The number of aliphatic hydroxyl groups excluding tert-OH is 1. The first-order chi connectivity index (χ1) is 17.4. The topological polar surface area (TPSA) is 128 Å². The average Bonchev–Trinajstić information content (AvgIpc) is 2.89. The van der Waals surface area contributed by atoms with E-state index in [1.165, 1.54) is 11.9 Å². The Bertz CT molecular complexity index is 934. The van der Waals surface area contributed by atoms with E-state index < -0.39 is 12.1 Å². The van der Waals surface area contributed by atoms with Crippen LogP contribution in [0.5, 0.6) is 0 Å². The van der Waals surface area contributed by atoms with Gasteiger partial charge in [-0.25, -0.2) is 0 Å². The molecule has 1 saturated carbocycles. The van der Waals surface area contributed by atoms with Gasteiger partial charge in [0.15, 0.2) is 0 Å². The summed E-state index contributed by atoms with van der Waals surface area (Å²) in [6, 6.07) is 5.58. The van der Waals surface area contributed by atoms with Gasteiger partial charge >= 0.3 is 0 Å². The van der Waals surface area contributed by atoms with Gasteiger partial charge in [0.05, 0.1) is 12.1 Å². The van der Waals surface area contributed by atoms with Gasteiger partial charge in [-0.2, -0.15) is 0 Å². The van der Waals surface area contributed by atoms with Crippen LogP contribution in [-0.4, -0.2) is 72.8 Å². The standard InChI is InChI=1S/C27H38N4O5/c1-20-6-7-21(14-22(20)16-31(19-34)25(17-32)12-13-27(36)28-2)4-3-5-26(35)15-29-23-8-10-24(11-9-23)30-18-33/h6-7,14,17-19,23-26,29,35H,5,8-13,15-16H2,1-2H3,(H,28,36)(H,30,33). The van der Waals surface area contributed by atoms with Crippen molar-refractivity contribution in [1.82, 2.24) is 20.9 Å². The lowest BCUT2D eigenvalue weighted by atomic mass is 9.91. The zero-order valence-corrected chi connectivity index (χ0v) is 21.2. The van der Waals surface area contributed by atoms with Crippen LogP contribution in [0.4, 0.5) is 0 Å². The van der Waals surface area contributed by atoms with Crippen LogP contribution >= 0.6 is 0 Å². The first kappa shape index (κ1) is 29.0. The smallest absolute Gasteiger partial charge is 0.219 e. The van der Waals surface area contributed by atoms with Crippen molar-refractivity contribution in [1.29, 1.82) is 0 Å². The lowest BCUT2D eigenvalue weighted by Crippen LogP contribution is -2.41. The van der Waals surface area contributed by atoms with Gasteiger partial charge in [-0.1, -0.05) is 17.9 Å². The highest BCUT2D eigenvalue weighted by Gasteiger charge is 2.21. The molecule has 196 valence electrons. The highest BCUT2D eigenvalue weighted by molar-refractivity contribution is 5.76. The van der Waals surface area contributed by atoms with E-state index in [1.54, 1.807) is 0 Å². The first-order valence-corrected chi connectivity index (χ1v) is 12.5. The molecule has 2 unspecified atom stereocenters. The predicted molar refractivity (Wildman–Crippen MR) is 137 cm³/mol. The number of hydrogen-bond acceptors (Lipinski definition) is 6. The molecule has 0 bridgehead atoms. The number of aryl methyl sites for hydroxylation is 1. The fourth-order valence-electron chi connectivity index (χ4n) is 4.27. The normalized spacial score (nSPS) is 18.6. The lowest BCUT2D eigenvalue weighted by molar-refractivity contribution is -0.127. The highest BCUT2D eigenvalue weighted by atomic mass is 16.3. The summed E-state index contributed by atoms with van der Waals surface area (Å²) in [4.78, 5) is 46.7. The predicted octanol–water partition coefficient (Wildman–Crippen LogP) is 0.796. The van der Waals surface area contributed by atoms with Crippen molar-refractivity contribution in [2.24, 2.45) is 0 Å². The van der Waals surface area contributed by atoms with Crippen LogP contribution in [0.3, 0.4) is 0 Å². The van der Waals surface area contributed by atoms with Gasteiger partial charge in [-0.3, -0.25) is 14.4 Å². The summed E-state index contributed by atoms with van der Waals surface area (Å²) in [5, 5.41) is 19.0. The average molecular weight is 499 g/mol. The molecular weight excluding hydrogens is 460 g/mol. The highest BCUT2D eigenvalue weighted by Crippen LogP contribution is 2.18. The Hall–Kier alpha value is -3.22. The van der Waals surface area contributed by atoms with Crippen molar-refractivity contribution in [3.63, 3.8) is 0 Å². The molecule has 0 heterocycles. The molecule has 1 aromatic rings. The Kier molecular flexibility index (Phi) is 12.7. The maximum atomic E-state index is 11.7. The second-order valence-electron chi connectivity index (χ2n) is 9.24. The third kappa shape index (κ3) is 9.80. The molecule has 3 amide bonds. The second kappa shape index (κ2) is 15.7. The van der Waals surface area contributed by atoms with Gasteiger partial charge in [0.25, 0.3) is 0 Å². The number of aldehydes is 1. The van der Waals surface area contributed by atoms with Gasteiger partial charge in [-0.05, 0) is 62.3 Å². The quantitative estimate of drug-likeness (QED) is 0.222. The van der Waals surface area contributed by atoms with Crippen molar-refractivity contribution >= 4 is 25.0 Å². The number of carbonyl (C=O) groups is 4. The van der Waals surface area contributed by atoms with Gasteiger partial charge in [0.2, 0.25) is 18.7 Å². The van der Waals surface area contributed by atoms with E-state index in [0.717, 1.165) is 48.8 Å². The van der Waals surface area contributed by atoms with Crippen LogP contribution in [0.15, 0.2) is 18.2 Å². The van der Waals surface area contributed by atoms with Crippen molar-refractivity contribution in [3.05, 3.63) is 34.9 Å². The van der Waals surface area contributed by atoms with E-state index in [1.807, 2.05) is 25.1 Å². The molecule has 1 aliphatic carbocycles. The second-order valence-corrected chi connectivity index (χ2v) is 9.24. The number of nitrogens with one attached hydrogen (secondary N) is 3. The van der Waals surface area contributed by atoms with Crippen LogP contribution < -0.4 is 16.0 Å². The van der Waals surface area contributed by atoms with Crippen LogP contribution in [0.25, 0.3) is 0 Å². The third-order valence-electron chi connectivity index (χ3n) is 6.61. The van der Waals surface area contributed by atoms with Gasteiger partial charge in [0.1, 0.15) is 6.29 Å². The number of carbonyl (C=O) groups excluding carboxylic acids is 4. The summed E-state index contributed by atoms with van der Waals surface area (Å²) in [7, 11) is 1.53. The number of rotatable bonds is 14. The molecule has 0 spiro atoms. The summed E-state index contributed by atoms with van der Waals surface area (Å²) in [5.74, 6) is 5.92. The molecule has 4 N–H and O–H groups in total. The van der Waals surface area contributed by atoms with Gasteiger partial charge < -0.3 is 30.8 Å². The van der Waals surface area contributed by atoms with E-state index in [9.17, 15) is 24.3 Å². The fraction of sp³-hybridized carbons (Fsp3) is 0.556. The van der Waals surface area contributed by atoms with Gasteiger partial charge in [0, 0.05) is 50.6 Å². The Morgan fingerprint density at radius 1 is 1.19 bits per heavy atom. The Labute approximate surface area is 213 Å². The SMILES string of the molecule is CNC(=O)CCC(C=O)N(C=O)Cc1cc(C#CCC(O)CNC2CCC(NC=O)CC2)ccc1C. The number of benzene rings is 1. The summed E-state index contributed by atoms with van der Waals surface area (Å²) < 4.78 is 0. The van der Waals surface area contributed by atoms with Crippen LogP contribution in [-0.2, 0) is 25.7 Å². The zero-order chi connectivity index (χ0) is 26.3. The number of hydrogen-bond donors (Lipinski definition) is 4. The molecular formula is C27H38N4O5. The largest absolute Gasteiger partial charge is 0.391 e. The van der Waals surface area contributed by atoms with Crippen LogP contribution in [0.2, 0.25) is 0 Å². The minimum Gasteiger partial charge on any atom is -0.391 e. The maximum Gasteiger partial charge on any atom is 0.219 e. The molecule has 0 saturated heterocycles. The van der Waals surface area contributed by atoms with Crippen LogP contribution in [0.1, 0.15) is 61.6 Å². The molecule has 0 radical (unpaired) electrons. The Morgan fingerprint density at radius 3 is 2.56 bits per heavy atom. The summed E-state index contributed by atoms with van der Waals surface area (Å²) >= 11 is 0. The molecule has 0 aliphatic heterocycles. The fourth-order valence-corrected chi connectivity index (χ4v) is 4.27. The minimum absolute atomic E-state index is 0.157. The maximum absolute atomic E-state index is 11.7. The summed E-state index contributed by atoms with van der Waals surface area (Å²) in [6.07, 6.45) is 6.03. The van der Waals surface area contributed by atoms with E-state index in [4.69, 9.17) is 0 Å². The lowest BCUT2D eigenvalue weighted by Gasteiger charge is -2.29. The third-order valence-corrected chi connectivity index (χ3v) is 6.61. The first-order valence-electron chi connectivity index (χ1n) is 12.5. The van der Waals surface area contributed by atoms with Crippen molar-refractivity contribution < 1.29 is 24.3 Å². The summed E-state index contributed by atoms with van der Waals surface area (Å²) in [6.45, 7) is 2.62. The molecule has 1 aromatic carbocycles. The van der Waals surface area contributed by atoms with E-state index in [-0.39, 0.29) is 31.3 Å². The number of aliphatic hydroxyl groups is 1. The Morgan fingerprint density at radius 2 is 1.92 bits per heavy atom. The van der Waals surface area contributed by atoms with Crippen molar-refractivity contribution in [2.45, 2.75) is 82.6 Å². The molecule has 2 rings (SSSR count). The van der Waals surface area contributed by atoms with Gasteiger partial charge in [-0.15, -0.1) is 0 Å². The number of nitrogens with zero attached hydrogens (tertiary/aromatic N) is 1. The zero-order valence-electron chi connectivity index (χ0n) is 21.2.